The van der Waals surface area contributed by atoms with Gasteiger partial charge in [0.1, 0.15) is 5.75 Å². The topological polar surface area (TPSA) is 29.5 Å². The summed E-state index contributed by atoms with van der Waals surface area (Å²) < 4.78 is 5.57. The van der Waals surface area contributed by atoms with Crippen molar-refractivity contribution < 1.29 is 9.84 Å². The fraction of sp³-hybridized carbons (Fsp3) is 0.667. The fourth-order valence-electron chi connectivity index (χ4n) is 4.40. The molecular weight excluding hydrogens is 248 g/mol. The van der Waals surface area contributed by atoms with Crippen LogP contribution in [0.1, 0.15) is 56.7 Å². The molecule has 0 radical (unpaired) electrons. The normalized spacial score (nSPS) is 29.2. The van der Waals surface area contributed by atoms with Crippen LogP contribution in [0.25, 0.3) is 0 Å². The highest BCUT2D eigenvalue weighted by Crippen LogP contribution is 2.51. The largest absolute Gasteiger partial charge is 0.496 e. The third kappa shape index (κ3) is 2.85. The summed E-state index contributed by atoms with van der Waals surface area (Å²) in [6.07, 6.45) is 2.78. The average Bonchev–Trinajstić information content (AvgIpc) is 2.23. The zero-order valence-electron chi connectivity index (χ0n) is 13.7. The average molecular weight is 276 g/mol. The highest BCUT2D eigenvalue weighted by atomic mass is 16.5. The molecule has 2 heteroatoms. The molecule has 2 nitrogen and oxygen atoms in total. The molecule has 0 aromatic heterocycles. The molecule has 0 amide bonds. The van der Waals surface area contributed by atoms with Gasteiger partial charge in [0.05, 0.1) is 12.7 Å². The van der Waals surface area contributed by atoms with Crippen LogP contribution in [0.5, 0.6) is 5.75 Å². The van der Waals surface area contributed by atoms with E-state index >= 15 is 0 Å². The van der Waals surface area contributed by atoms with Crippen molar-refractivity contribution in [2.24, 2.45) is 11.3 Å². The number of aryl methyl sites for hydroxylation is 2. The number of ether oxygens (including phenoxy) is 1. The van der Waals surface area contributed by atoms with E-state index in [0.717, 1.165) is 29.7 Å². The molecule has 1 aliphatic rings. The van der Waals surface area contributed by atoms with E-state index in [0.29, 0.717) is 5.92 Å². The minimum absolute atomic E-state index is 0.161. The van der Waals surface area contributed by atoms with Crippen LogP contribution in [-0.4, -0.2) is 12.2 Å². The minimum Gasteiger partial charge on any atom is -0.496 e. The number of hydrogen-bond acceptors (Lipinski definition) is 2. The van der Waals surface area contributed by atoms with Crippen LogP contribution in [0.15, 0.2) is 12.1 Å². The van der Waals surface area contributed by atoms with Crippen LogP contribution in [-0.2, 0) is 5.60 Å². The molecular formula is C18H28O2. The van der Waals surface area contributed by atoms with Gasteiger partial charge < -0.3 is 9.84 Å². The number of rotatable bonds is 2. The Labute approximate surface area is 123 Å². The molecule has 1 fully saturated rings. The van der Waals surface area contributed by atoms with Crippen molar-refractivity contribution in [3.8, 4) is 5.75 Å². The lowest BCUT2D eigenvalue weighted by Gasteiger charge is -2.45. The van der Waals surface area contributed by atoms with Gasteiger partial charge in [0.25, 0.3) is 0 Å². The Hall–Kier alpha value is -1.02. The van der Waals surface area contributed by atoms with Crippen LogP contribution >= 0.6 is 0 Å². The Morgan fingerprint density at radius 3 is 2.40 bits per heavy atom. The second kappa shape index (κ2) is 5.07. The summed E-state index contributed by atoms with van der Waals surface area (Å²) in [6.45, 7) is 10.9. The van der Waals surface area contributed by atoms with E-state index < -0.39 is 5.60 Å². The summed E-state index contributed by atoms with van der Waals surface area (Å²) in [5.74, 6) is 1.35. The molecule has 2 rings (SSSR count). The Balaban J connectivity index is 2.54. The van der Waals surface area contributed by atoms with Crippen molar-refractivity contribution in [1.29, 1.82) is 0 Å². The van der Waals surface area contributed by atoms with Gasteiger partial charge in [-0.2, -0.15) is 0 Å². The summed E-state index contributed by atoms with van der Waals surface area (Å²) in [5, 5.41) is 11.4. The molecule has 1 saturated carbocycles. The van der Waals surface area contributed by atoms with Crippen LogP contribution in [0.2, 0.25) is 0 Å². The lowest BCUT2D eigenvalue weighted by atomic mass is 9.63. The monoisotopic (exact) mass is 276 g/mol. The second-order valence-electron chi connectivity index (χ2n) is 7.55. The van der Waals surface area contributed by atoms with Crippen molar-refractivity contribution >= 4 is 0 Å². The van der Waals surface area contributed by atoms with Gasteiger partial charge >= 0.3 is 0 Å². The Morgan fingerprint density at radius 2 is 1.85 bits per heavy atom. The minimum atomic E-state index is -0.774. The summed E-state index contributed by atoms with van der Waals surface area (Å²) >= 11 is 0. The first-order valence-corrected chi connectivity index (χ1v) is 7.55. The Bertz CT molecular complexity index is 504. The van der Waals surface area contributed by atoms with Crippen molar-refractivity contribution in [2.75, 3.05) is 7.11 Å². The molecule has 2 unspecified atom stereocenters. The van der Waals surface area contributed by atoms with Gasteiger partial charge in [0.15, 0.2) is 0 Å². The zero-order chi connectivity index (χ0) is 15.1. The first-order valence-electron chi connectivity index (χ1n) is 7.55. The van der Waals surface area contributed by atoms with E-state index in [1.165, 1.54) is 12.0 Å². The maximum absolute atomic E-state index is 11.4. The molecule has 20 heavy (non-hydrogen) atoms. The molecule has 112 valence electrons. The van der Waals surface area contributed by atoms with Crippen molar-refractivity contribution in [1.82, 2.24) is 0 Å². The number of benzene rings is 1. The van der Waals surface area contributed by atoms with E-state index in [1.54, 1.807) is 7.11 Å². The molecule has 2 atom stereocenters. The number of hydrogen-bond donors (Lipinski definition) is 1. The van der Waals surface area contributed by atoms with E-state index in [2.05, 4.69) is 40.7 Å². The van der Waals surface area contributed by atoms with E-state index in [4.69, 9.17) is 4.74 Å². The summed E-state index contributed by atoms with van der Waals surface area (Å²) in [6, 6.07) is 4.18. The zero-order valence-corrected chi connectivity index (χ0v) is 13.7. The van der Waals surface area contributed by atoms with Gasteiger partial charge in [0, 0.05) is 5.56 Å². The molecule has 1 aromatic carbocycles. The molecule has 0 spiro atoms. The molecule has 1 aliphatic carbocycles. The van der Waals surface area contributed by atoms with Crippen LogP contribution in [0, 0.1) is 25.2 Å². The SMILES string of the molecule is COc1cc(C)cc(C)c1C1(O)CC(C)CC(C)(C)C1. The Kier molecular flexibility index (Phi) is 3.90. The second-order valence-corrected chi connectivity index (χ2v) is 7.55. The maximum Gasteiger partial charge on any atom is 0.125 e. The van der Waals surface area contributed by atoms with Gasteiger partial charge in [0.2, 0.25) is 0 Å². The van der Waals surface area contributed by atoms with Crippen LogP contribution in [0.4, 0.5) is 0 Å². The van der Waals surface area contributed by atoms with E-state index in [1.807, 2.05) is 6.07 Å². The van der Waals surface area contributed by atoms with Crippen LogP contribution in [0.3, 0.4) is 0 Å². The molecule has 1 aromatic rings. The summed E-state index contributed by atoms with van der Waals surface area (Å²) in [4.78, 5) is 0. The van der Waals surface area contributed by atoms with Gasteiger partial charge in [-0.3, -0.25) is 0 Å². The standard InChI is InChI=1S/C18H28O2/c1-12-7-14(3)16(15(8-12)20-6)18(19)10-13(2)9-17(4,5)11-18/h7-8,13,19H,9-11H2,1-6H3. The van der Waals surface area contributed by atoms with Crippen molar-refractivity contribution in [2.45, 2.75) is 59.5 Å². The predicted octanol–water partition coefficient (Wildman–Crippen LogP) is 4.35. The van der Waals surface area contributed by atoms with E-state index in [9.17, 15) is 5.11 Å². The molecule has 1 N–H and O–H groups in total. The summed E-state index contributed by atoms with van der Waals surface area (Å²) in [7, 11) is 1.69. The quantitative estimate of drug-likeness (QED) is 0.870. The van der Waals surface area contributed by atoms with Gasteiger partial charge in [-0.15, -0.1) is 0 Å². The van der Waals surface area contributed by atoms with Crippen molar-refractivity contribution in [3.05, 3.63) is 28.8 Å². The predicted molar refractivity (Wildman–Crippen MR) is 83.2 cm³/mol. The third-order valence-corrected chi connectivity index (χ3v) is 4.49. The van der Waals surface area contributed by atoms with Gasteiger partial charge in [-0.05, 0) is 61.6 Å². The molecule has 0 heterocycles. The molecule has 0 saturated heterocycles. The highest BCUT2D eigenvalue weighted by molar-refractivity contribution is 5.47. The first kappa shape index (κ1) is 15.4. The smallest absolute Gasteiger partial charge is 0.125 e. The number of aliphatic hydroxyl groups is 1. The highest BCUT2D eigenvalue weighted by Gasteiger charge is 2.44. The first-order chi connectivity index (χ1) is 9.17. The van der Waals surface area contributed by atoms with Crippen molar-refractivity contribution in [3.63, 3.8) is 0 Å². The van der Waals surface area contributed by atoms with Gasteiger partial charge in [-0.1, -0.05) is 26.8 Å². The Morgan fingerprint density at radius 1 is 1.20 bits per heavy atom. The maximum atomic E-state index is 11.4. The third-order valence-electron chi connectivity index (χ3n) is 4.49. The van der Waals surface area contributed by atoms with Gasteiger partial charge in [-0.25, -0.2) is 0 Å². The lowest BCUT2D eigenvalue weighted by Crippen LogP contribution is -2.40. The van der Waals surface area contributed by atoms with Crippen LogP contribution < -0.4 is 4.74 Å². The van der Waals surface area contributed by atoms with E-state index in [-0.39, 0.29) is 5.41 Å². The molecule has 0 aliphatic heterocycles. The molecule has 0 bridgehead atoms. The summed E-state index contributed by atoms with van der Waals surface area (Å²) in [5.41, 5.74) is 2.69. The fourth-order valence-corrected chi connectivity index (χ4v) is 4.40. The lowest BCUT2D eigenvalue weighted by molar-refractivity contribution is -0.0651. The number of methoxy groups -OCH3 is 1.